The molecule has 0 spiro atoms. The van der Waals surface area contributed by atoms with E-state index in [9.17, 15) is 4.79 Å². The fourth-order valence-corrected chi connectivity index (χ4v) is 2.35. The number of esters is 1. The quantitative estimate of drug-likeness (QED) is 0.650. The van der Waals surface area contributed by atoms with Crippen molar-refractivity contribution in [2.24, 2.45) is 0 Å². The molecular formula is C20H16O2. The molecule has 0 heterocycles. The van der Waals surface area contributed by atoms with Crippen molar-refractivity contribution in [2.75, 3.05) is 6.61 Å². The van der Waals surface area contributed by atoms with Gasteiger partial charge in [-0.05, 0) is 34.5 Å². The van der Waals surface area contributed by atoms with Gasteiger partial charge in [0.2, 0.25) is 0 Å². The second-order valence-corrected chi connectivity index (χ2v) is 4.94. The summed E-state index contributed by atoms with van der Waals surface area (Å²) < 4.78 is 5.24. The minimum Gasteiger partial charge on any atom is -0.458 e. The first-order valence-corrected chi connectivity index (χ1v) is 7.21. The number of hydrogen-bond donors (Lipinski definition) is 0. The maximum atomic E-state index is 11.8. The zero-order chi connectivity index (χ0) is 15.2. The highest BCUT2D eigenvalue weighted by Gasteiger charge is 2.03. The van der Waals surface area contributed by atoms with E-state index in [4.69, 9.17) is 4.74 Å². The molecule has 0 unspecified atom stereocenters. The molecule has 0 saturated carbocycles. The zero-order valence-electron chi connectivity index (χ0n) is 12.1. The van der Waals surface area contributed by atoms with Crippen LogP contribution in [0.4, 0.5) is 0 Å². The average molecular weight is 288 g/mol. The Morgan fingerprint density at radius 2 is 1.59 bits per heavy atom. The molecule has 0 amide bonds. The van der Waals surface area contributed by atoms with Gasteiger partial charge in [0.1, 0.15) is 6.61 Å². The minimum atomic E-state index is -0.303. The van der Waals surface area contributed by atoms with Crippen LogP contribution in [-0.2, 0) is 4.74 Å². The van der Waals surface area contributed by atoms with Crippen LogP contribution in [0.2, 0.25) is 0 Å². The van der Waals surface area contributed by atoms with Crippen molar-refractivity contribution in [1.82, 2.24) is 0 Å². The molecule has 0 saturated heterocycles. The van der Waals surface area contributed by atoms with Crippen molar-refractivity contribution in [3.63, 3.8) is 0 Å². The number of carbonyl (C=O) groups excluding carboxylic acids is 1. The number of carbonyl (C=O) groups is 1. The summed E-state index contributed by atoms with van der Waals surface area (Å²) in [5, 5.41) is 2.39. The molecule has 2 heteroatoms. The Labute approximate surface area is 129 Å². The molecule has 0 aromatic heterocycles. The van der Waals surface area contributed by atoms with Crippen molar-refractivity contribution in [2.45, 2.75) is 0 Å². The third-order valence-electron chi connectivity index (χ3n) is 3.44. The standard InChI is InChI=1S/C20H16O2/c21-20(18-9-2-1-3-10-18)22-15-7-13-17-12-6-11-16-8-4-5-14-19(16)17/h1-14H,15H2/b13-7+. The highest BCUT2D eigenvalue weighted by atomic mass is 16.5. The van der Waals surface area contributed by atoms with Crippen LogP contribution in [0, 0.1) is 0 Å². The van der Waals surface area contributed by atoms with Gasteiger partial charge in [0, 0.05) is 0 Å². The van der Waals surface area contributed by atoms with Crippen molar-refractivity contribution in [1.29, 1.82) is 0 Å². The van der Waals surface area contributed by atoms with Crippen LogP contribution in [-0.4, -0.2) is 12.6 Å². The maximum Gasteiger partial charge on any atom is 0.338 e. The van der Waals surface area contributed by atoms with E-state index in [0.29, 0.717) is 5.56 Å². The van der Waals surface area contributed by atoms with Crippen molar-refractivity contribution in [3.8, 4) is 0 Å². The van der Waals surface area contributed by atoms with Crippen molar-refractivity contribution in [3.05, 3.63) is 90.0 Å². The van der Waals surface area contributed by atoms with Gasteiger partial charge in [0.05, 0.1) is 5.56 Å². The molecule has 3 aromatic rings. The van der Waals surface area contributed by atoms with E-state index < -0.39 is 0 Å². The largest absolute Gasteiger partial charge is 0.458 e. The molecule has 0 aliphatic rings. The van der Waals surface area contributed by atoms with Crippen LogP contribution in [0.25, 0.3) is 16.8 Å². The van der Waals surface area contributed by atoms with Gasteiger partial charge in [-0.1, -0.05) is 66.7 Å². The van der Waals surface area contributed by atoms with E-state index in [1.165, 1.54) is 10.8 Å². The van der Waals surface area contributed by atoms with Crippen LogP contribution in [0.1, 0.15) is 15.9 Å². The van der Waals surface area contributed by atoms with Crippen molar-refractivity contribution >= 4 is 22.8 Å². The third-order valence-corrected chi connectivity index (χ3v) is 3.44. The van der Waals surface area contributed by atoms with E-state index in [0.717, 1.165) is 5.56 Å². The number of benzene rings is 3. The predicted molar refractivity (Wildman–Crippen MR) is 89.7 cm³/mol. The SMILES string of the molecule is O=C(OC/C=C/c1cccc2ccccc12)c1ccccc1. The normalized spacial score (nSPS) is 10.9. The molecule has 0 radical (unpaired) electrons. The fourth-order valence-electron chi connectivity index (χ4n) is 2.35. The van der Waals surface area contributed by atoms with E-state index in [1.54, 1.807) is 12.1 Å². The van der Waals surface area contributed by atoms with Gasteiger partial charge in [-0.3, -0.25) is 0 Å². The summed E-state index contributed by atoms with van der Waals surface area (Å²) >= 11 is 0. The number of rotatable bonds is 4. The maximum absolute atomic E-state index is 11.8. The molecule has 3 aromatic carbocycles. The highest BCUT2D eigenvalue weighted by Crippen LogP contribution is 2.19. The monoisotopic (exact) mass is 288 g/mol. The van der Waals surface area contributed by atoms with E-state index in [-0.39, 0.29) is 12.6 Å². The Balaban J connectivity index is 1.66. The number of fused-ring (bicyclic) bond motifs is 1. The lowest BCUT2D eigenvalue weighted by atomic mass is 10.0. The topological polar surface area (TPSA) is 26.3 Å². The molecule has 2 nitrogen and oxygen atoms in total. The Kier molecular flexibility index (Phi) is 4.30. The van der Waals surface area contributed by atoms with E-state index >= 15 is 0 Å². The molecule has 3 rings (SSSR count). The summed E-state index contributed by atoms with van der Waals surface area (Å²) in [6, 6.07) is 23.4. The minimum absolute atomic E-state index is 0.261. The third kappa shape index (κ3) is 3.23. The van der Waals surface area contributed by atoms with Gasteiger partial charge in [-0.15, -0.1) is 0 Å². The summed E-state index contributed by atoms with van der Waals surface area (Å²) in [7, 11) is 0. The fraction of sp³-hybridized carbons (Fsp3) is 0.0500. The van der Waals surface area contributed by atoms with Gasteiger partial charge in [0.15, 0.2) is 0 Å². The molecule has 108 valence electrons. The van der Waals surface area contributed by atoms with E-state index in [1.807, 2.05) is 48.6 Å². The second-order valence-electron chi connectivity index (χ2n) is 4.94. The Morgan fingerprint density at radius 1 is 0.864 bits per heavy atom. The van der Waals surface area contributed by atoms with Gasteiger partial charge in [-0.25, -0.2) is 4.79 Å². The van der Waals surface area contributed by atoms with Crippen LogP contribution >= 0.6 is 0 Å². The summed E-state index contributed by atoms with van der Waals surface area (Å²) in [6.07, 6.45) is 3.85. The Bertz CT molecular complexity index is 799. The van der Waals surface area contributed by atoms with Crippen LogP contribution in [0.5, 0.6) is 0 Å². The zero-order valence-corrected chi connectivity index (χ0v) is 12.1. The summed E-state index contributed by atoms with van der Waals surface area (Å²) in [5.41, 5.74) is 1.69. The Hall–Kier alpha value is -2.87. The number of hydrogen-bond acceptors (Lipinski definition) is 2. The average Bonchev–Trinajstić information content (AvgIpc) is 2.59. The summed E-state index contributed by atoms with van der Waals surface area (Å²) in [6.45, 7) is 0.261. The van der Waals surface area contributed by atoms with Crippen LogP contribution < -0.4 is 0 Å². The lowest BCUT2D eigenvalue weighted by Gasteiger charge is -2.03. The van der Waals surface area contributed by atoms with Crippen LogP contribution in [0.15, 0.2) is 78.9 Å². The Morgan fingerprint density at radius 3 is 2.45 bits per heavy atom. The smallest absolute Gasteiger partial charge is 0.338 e. The molecule has 0 fully saturated rings. The van der Waals surface area contributed by atoms with Gasteiger partial charge >= 0.3 is 5.97 Å². The van der Waals surface area contributed by atoms with Gasteiger partial charge in [-0.2, -0.15) is 0 Å². The van der Waals surface area contributed by atoms with Crippen molar-refractivity contribution < 1.29 is 9.53 Å². The molecule has 0 aliphatic carbocycles. The first kappa shape index (κ1) is 14.1. The highest BCUT2D eigenvalue weighted by molar-refractivity contribution is 5.91. The summed E-state index contributed by atoms with van der Waals surface area (Å²) in [4.78, 5) is 11.8. The second kappa shape index (κ2) is 6.72. The first-order valence-electron chi connectivity index (χ1n) is 7.21. The molecule has 0 aliphatic heterocycles. The first-order chi connectivity index (χ1) is 10.8. The van der Waals surface area contributed by atoms with Gasteiger partial charge in [0.25, 0.3) is 0 Å². The predicted octanol–water partition coefficient (Wildman–Crippen LogP) is 4.71. The molecule has 22 heavy (non-hydrogen) atoms. The molecule has 0 atom stereocenters. The van der Waals surface area contributed by atoms with Gasteiger partial charge < -0.3 is 4.74 Å². The number of ether oxygens (including phenoxy) is 1. The molecular weight excluding hydrogens is 272 g/mol. The van der Waals surface area contributed by atoms with E-state index in [2.05, 4.69) is 24.3 Å². The summed E-state index contributed by atoms with van der Waals surface area (Å²) in [5.74, 6) is -0.303. The molecule has 0 bridgehead atoms. The molecule has 0 N–H and O–H groups in total. The lowest BCUT2D eigenvalue weighted by Crippen LogP contribution is -2.04. The van der Waals surface area contributed by atoms with Crippen LogP contribution in [0.3, 0.4) is 0 Å². The lowest BCUT2D eigenvalue weighted by molar-refractivity contribution is 0.0550.